The Bertz CT molecular complexity index is 633. The van der Waals surface area contributed by atoms with Crippen LogP contribution in [0.4, 0.5) is 11.4 Å². The van der Waals surface area contributed by atoms with Crippen LogP contribution in [0.5, 0.6) is 0 Å². The Balaban J connectivity index is 2.37. The Kier molecular flexibility index (Phi) is 4.44. The molecule has 0 unspecified atom stereocenters. The van der Waals surface area contributed by atoms with Crippen LogP contribution in [0.3, 0.4) is 0 Å². The second-order valence-corrected chi connectivity index (χ2v) is 6.24. The van der Waals surface area contributed by atoms with E-state index >= 15 is 0 Å². The van der Waals surface area contributed by atoms with Crippen LogP contribution in [-0.4, -0.2) is 0 Å². The summed E-state index contributed by atoms with van der Waals surface area (Å²) in [6.07, 6.45) is 0. The van der Waals surface area contributed by atoms with E-state index in [0.717, 1.165) is 24.8 Å². The van der Waals surface area contributed by atoms with Crippen LogP contribution in [0.25, 0.3) is 0 Å². The summed E-state index contributed by atoms with van der Waals surface area (Å²) < 4.78 is 2.82. The molecule has 1 N–H and O–H groups in total. The highest BCUT2D eigenvalue weighted by Crippen LogP contribution is 2.30. The van der Waals surface area contributed by atoms with Crippen molar-refractivity contribution < 1.29 is 0 Å². The molecule has 0 aliphatic carbocycles. The van der Waals surface area contributed by atoms with Gasteiger partial charge in [0, 0.05) is 13.4 Å². The fourth-order valence-corrected chi connectivity index (χ4v) is 2.96. The number of nitriles is 1. The van der Waals surface area contributed by atoms with Gasteiger partial charge in [-0.15, -0.1) is 0 Å². The van der Waals surface area contributed by atoms with Crippen LogP contribution in [0.1, 0.15) is 5.56 Å². The van der Waals surface area contributed by atoms with Gasteiger partial charge < -0.3 is 5.32 Å². The number of anilines is 2. The second-order valence-electron chi connectivity index (χ2n) is 3.55. The lowest BCUT2D eigenvalue weighted by Crippen LogP contribution is -1.94. The summed E-state index contributed by atoms with van der Waals surface area (Å²) in [5.74, 6) is 0. The van der Waals surface area contributed by atoms with Crippen LogP contribution in [0, 0.1) is 11.3 Å². The van der Waals surface area contributed by atoms with Crippen molar-refractivity contribution >= 4 is 59.2 Å². The number of nitrogens with one attached hydrogen (secondary N) is 1. The third-order valence-corrected chi connectivity index (χ3v) is 3.95. The van der Waals surface area contributed by atoms with Crippen LogP contribution in [0.2, 0.25) is 0 Å². The number of nitrogens with zero attached hydrogens (tertiary/aromatic N) is 1. The molecule has 2 rings (SSSR count). The smallest absolute Gasteiger partial charge is 0.101 e. The second kappa shape index (κ2) is 5.87. The van der Waals surface area contributed by atoms with Gasteiger partial charge in [0.05, 0.1) is 16.9 Å². The zero-order valence-electron chi connectivity index (χ0n) is 9.05. The van der Waals surface area contributed by atoms with Crippen molar-refractivity contribution in [2.75, 3.05) is 5.32 Å². The van der Waals surface area contributed by atoms with Gasteiger partial charge >= 0.3 is 0 Å². The molecular formula is C13H7Br3N2. The van der Waals surface area contributed by atoms with E-state index in [0.29, 0.717) is 5.56 Å². The molecule has 0 radical (unpaired) electrons. The van der Waals surface area contributed by atoms with Gasteiger partial charge in [0.25, 0.3) is 0 Å². The average Bonchev–Trinajstić information content (AvgIpc) is 2.34. The molecule has 0 bridgehead atoms. The van der Waals surface area contributed by atoms with E-state index in [1.54, 1.807) is 6.07 Å². The molecule has 2 nitrogen and oxygen atoms in total. The van der Waals surface area contributed by atoms with Crippen molar-refractivity contribution in [2.45, 2.75) is 0 Å². The summed E-state index contributed by atoms with van der Waals surface area (Å²) in [4.78, 5) is 0. The van der Waals surface area contributed by atoms with E-state index in [4.69, 9.17) is 5.26 Å². The summed E-state index contributed by atoms with van der Waals surface area (Å²) in [7, 11) is 0. The lowest BCUT2D eigenvalue weighted by Gasteiger charge is -2.10. The quantitative estimate of drug-likeness (QED) is 0.674. The van der Waals surface area contributed by atoms with E-state index in [9.17, 15) is 0 Å². The molecule has 18 heavy (non-hydrogen) atoms. The number of hydrogen-bond acceptors (Lipinski definition) is 2. The zero-order valence-corrected chi connectivity index (χ0v) is 13.8. The molecule has 0 aliphatic heterocycles. The van der Waals surface area contributed by atoms with Crippen LogP contribution >= 0.6 is 47.8 Å². The molecule has 5 heteroatoms. The highest BCUT2D eigenvalue weighted by molar-refractivity contribution is 9.11. The molecule has 0 spiro atoms. The van der Waals surface area contributed by atoms with Gasteiger partial charge in [0.1, 0.15) is 6.07 Å². The molecule has 2 aromatic carbocycles. The molecule has 0 atom stereocenters. The fraction of sp³-hybridized carbons (Fsp3) is 0. The van der Waals surface area contributed by atoms with E-state index in [-0.39, 0.29) is 0 Å². The lowest BCUT2D eigenvalue weighted by molar-refractivity contribution is 1.44. The molecule has 0 saturated heterocycles. The Morgan fingerprint density at radius 1 is 0.889 bits per heavy atom. The van der Waals surface area contributed by atoms with Gasteiger partial charge in [-0.05, 0) is 52.3 Å². The lowest BCUT2D eigenvalue weighted by atomic mass is 10.2. The normalized spacial score (nSPS) is 9.89. The summed E-state index contributed by atoms with van der Waals surface area (Å²) in [6.45, 7) is 0. The molecule has 90 valence electrons. The first kappa shape index (κ1) is 13.6. The van der Waals surface area contributed by atoms with Crippen molar-refractivity contribution in [1.29, 1.82) is 5.26 Å². The number of halogens is 3. The minimum Gasteiger partial charge on any atom is -0.354 e. The Hall–Kier alpha value is -0.830. The van der Waals surface area contributed by atoms with Gasteiger partial charge in [-0.25, -0.2) is 0 Å². The predicted molar refractivity (Wildman–Crippen MR) is 84.0 cm³/mol. The van der Waals surface area contributed by atoms with E-state index in [1.807, 2.05) is 30.3 Å². The average molecular weight is 431 g/mol. The summed E-state index contributed by atoms with van der Waals surface area (Å²) >= 11 is 10.2. The first-order valence-electron chi connectivity index (χ1n) is 5.02. The predicted octanol–water partition coefficient (Wildman–Crippen LogP) is 5.59. The number of rotatable bonds is 2. The molecule has 0 aromatic heterocycles. The van der Waals surface area contributed by atoms with Crippen molar-refractivity contribution in [3.63, 3.8) is 0 Å². The highest BCUT2D eigenvalue weighted by atomic mass is 79.9. The van der Waals surface area contributed by atoms with Crippen LogP contribution in [0.15, 0.2) is 49.8 Å². The van der Waals surface area contributed by atoms with Crippen molar-refractivity contribution in [3.05, 3.63) is 55.4 Å². The largest absolute Gasteiger partial charge is 0.354 e. The monoisotopic (exact) mass is 428 g/mol. The first-order chi connectivity index (χ1) is 8.60. The van der Waals surface area contributed by atoms with Gasteiger partial charge in [0.2, 0.25) is 0 Å². The summed E-state index contributed by atoms with van der Waals surface area (Å²) in [5, 5.41) is 12.3. The molecule has 0 saturated carbocycles. The standard InChI is InChI=1S/C13H7Br3N2/c14-9-1-3-12(8(5-9)7-17)18-13-4-2-10(15)6-11(13)16/h1-6,18H. The van der Waals surface area contributed by atoms with Crippen LogP contribution < -0.4 is 5.32 Å². The van der Waals surface area contributed by atoms with Crippen LogP contribution in [-0.2, 0) is 0 Å². The topological polar surface area (TPSA) is 35.8 Å². The van der Waals surface area contributed by atoms with Gasteiger partial charge in [0.15, 0.2) is 0 Å². The maximum Gasteiger partial charge on any atom is 0.101 e. The minimum absolute atomic E-state index is 0.596. The van der Waals surface area contributed by atoms with Gasteiger partial charge in [-0.2, -0.15) is 5.26 Å². The SMILES string of the molecule is N#Cc1cc(Br)ccc1Nc1ccc(Br)cc1Br. The van der Waals surface area contributed by atoms with Gasteiger partial charge in [-0.1, -0.05) is 31.9 Å². The fourth-order valence-electron chi connectivity index (χ4n) is 1.45. The molecule has 0 fully saturated rings. The van der Waals surface area contributed by atoms with E-state index in [2.05, 4.69) is 59.2 Å². The molecular weight excluding hydrogens is 424 g/mol. The number of benzene rings is 2. The Labute approximate surface area is 130 Å². The summed E-state index contributed by atoms with van der Waals surface area (Å²) in [6, 6.07) is 13.6. The Morgan fingerprint density at radius 3 is 2.11 bits per heavy atom. The highest BCUT2D eigenvalue weighted by Gasteiger charge is 2.05. The van der Waals surface area contributed by atoms with Gasteiger partial charge in [-0.3, -0.25) is 0 Å². The third kappa shape index (κ3) is 3.14. The first-order valence-corrected chi connectivity index (χ1v) is 7.40. The number of hydrogen-bond donors (Lipinski definition) is 1. The van der Waals surface area contributed by atoms with E-state index < -0.39 is 0 Å². The summed E-state index contributed by atoms with van der Waals surface area (Å²) in [5.41, 5.74) is 2.29. The van der Waals surface area contributed by atoms with E-state index in [1.165, 1.54) is 0 Å². The Morgan fingerprint density at radius 2 is 1.50 bits per heavy atom. The van der Waals surface area contributed by atoms with Crippen molar-refractivity contribution in [1.82, 2.24) is 0 Å². The third-order valence-electron chi connectivity index (χ3n) is 2.30. The molecule has 2 aromatic rings. The van der Waals surface area contributed by atoms with Crippen molar-refractivity contribution in [2.24, 2.45) is 0 Å². The molecule has 0 aliphatic rings. The zero-order chi connectivity index (χ0) is 13.1. The maximum absolute atomic E-state index is 9.10. The van der Waals surface area contributed by atoms with Crippen molar-refractivity contribution in [3.8, 4) is 6.07 Å². The maximum atomic E-state index is 9.10. The minimum atomic E-state index is 0.596. The molecule has 0 heterocycles. The molecule has 0 amide bonds.